The van der Waals surface area contributed by atoms with Gasteiger partial charge in [0.15, 0.2) is 9.84 Å². The predicted octanol–water partition coefficient (Wildman–Crippen LogP) is 2.37. The van der Waals surface area contributed by atoms with E-state index in [-0.39, 0.29) is 28.7 Å². The minimum absolute atomic E-state index is 0.00691. The Morgan fingerprint density at radius 1 is 1.35 bits per heavy atom. The summed E-state index contributed by atoms with van der Waals surface area (Å²) < 4.78 is 56.2. The average molecular weight is 396 g/mol. The van der Waals surface area contributed by atoms with E-state index in [1.807, 2.05) is 0 Å². The number of hydrogen-bond acceptors (Lipinski definition) is 6. The molecule has 1 saturated heterocycles. The topological polar surface area (TPSA) is 84.7 Å². The number of hydrogen-bond donors (Lipinski definition) is 0. The van der Waals surface area contributed by atoms with Crippen LogP contribution in [0.5, 0.6) is 0 Å². The highest BCUT2D eigenvalue weighted by atomic mass is 35.5. The number of halogens is 1. The third-order valence-electron chi connectivity index (χ3n) is 3.62. The molecule has 3 heterocycles. The van der Waals surface area contributed by atoms with Gasteiger partial charge >= 0.3 is 0 Å². The van der Waals surface area contributed by atoms with Crippen molar-refractivity contribution in [2.75, 3.05) is 11.5 Å². The number of thiophene rings is 1. The maximum absolute atomic E-state index is 12.9. The Hall–Kier alpha value is -0.870. The SMILES string of the molecule is O=S1(=O)CCC(N(Cc2ccco2)S(=O)(=O)c2ccc(Cl)s2)C1. The van der Waals surface area contributed by atoms with Crippen LogP contribution >= 0.6 is 22.9 Å². The zero-order chi connectivity index (χ0) is 16.7. The van der Waals surface area contributed by atoms with Crippen molar-refractivity contribution in [3.63, 3.8) is 0 Å². The average Bonchev–Trinajstić information content (AvgIpc) is 3.17. The van der Waals surface area contributed by atoms with Crippen molar-refractivity contribution in [1.82, 2.24) is 4.31 Å². The first-order valence-electron chi connectivity index (χ1n) is 6.78. The van der Waals surface area contributed by atoms with Crippen LogP contribution in [0, 0.1) is 0 Å². The van der Waals surface area contributed by atoms with Crippen molar-refractivity contribution in [2.24, 2.45) is 0 Å². The van der Waals surface area contributed by atoms with Gasteiger partial charge in [-0.2, -0.15) is 4.31 Å². The summed E-state index contributed by atoms with van der Waals surface area (Å²) in [7, 11) is -7.06. The second-order valence-corrected chi connectivity index (χ2v) is 11.3. The molecule has 126 valence electrons. The molecule has 0 N–H and O–H groups in total. The van der Waals surface area contributed by atoms with Gasteiger partial charge < -0.3 is 4.42 Å². The molecule has 0 spiro atoms. The molecule has 3 rings (SSSR count). The normalized spacial score (nSPS) is 21.0. The van der Waals surface area contributed by atoms with Gasteiger partial charge in [-0.1, -0.05) is 11.6 Å². The Morgan fingerprint density at radius 2 is 2.13 bits per heavy atom. The van der Waals surface area contributed by atoms with Crippen molar-refractivity contribution >= 4 is 42.8 Å². The Kier molecular flexibility index (Phi) is 4.58. The fourth-order valence-corrected chi connectivity index (χ4v) is 7.58. The summed E-state index contributed by atoms with van der Waals surface area (Å²) in [6.45, 7) is -0.00889. The molecule has 1 aliphatic rings. The number of rotatable bonds is 5. The van der Waals surface area contributed by atoms with E-state index in [0.29, 0.717) is 10.1 Å². The van der Waals surface area contributed by atoms with Crippen LogP contribution in [0.4, 0.5) is 0 Å². The van der Waals surface area contributed by atoms with E-state index in [1.54, 1.807) is 12.1 Å². The van der Waals surface area contributed by atoms with Crippen LogP contribution in [0.2, 0.25) is 4.34 Å². The van der Waals surface area contributed by atoms with Gasteiger partial charge in [0.1, 0.15) is 9.97 Å². The lowest BCUT2D eigenvalue weighted by Gasteiger charge is -2.25. The minimum atomic E-state index is -3.85. The van der Waals surface area contributed by atoms with E-state index in [1.165, 1.54) is 22.7 Å². The molecule has 0 aromatic carbocycles. The molecule has 1 fully saturated rings. The molecule has 0 amide bonds. The standard InChI is InChI=1S/C13H14ClNO5S3/c14-12-3-4-13(21-12)23(18,19)15(8-11-2-1-6-20-11)10-5-7-22(16,17)9-10/h1-4,6,10H,5,7-9H2. The van der Waals surface area contributed by atoms with Crippen LogP contribution in [0.3, 0.4) is 0 Å². The summed E-state index contributed by atoms with van der Waals surface area (Å²) >= 11 is 6.79. The Bertz CT molecular complexity index is 886. The van der Waals surface area contributed by atoms with Crippen molar-refractivity contribution in [3.05, 3.63) is 40.6 Å². The van der Waals surface area contributed by atoms with Gasteiger partial charge in [-0.3, -0.25) is 0 Å². The van der Waals surface area contributed by atoms with Crippen molar-refractivity contribution < 1.29 is 21.3 Å². The number of sulfone groups is 1. The third kappa shape index (κ3) is 3.63. The molecule has 2 aromatic heterocycles. The van der Waals surface area contributed by atoms with Gasteiger partial charge in [0.25, 0.3) is 10.0 Å². The lowest BCUT2D eigenvalue weighted by atomic mass is 10.2. The van der Waals surface area contributed by atoms with Crippen molar-refractivity contribution in [3.8, 4) is 0 Å². The van der Waals surface area contributed by atoms with Crippen LogP contribution in [-0.2, 0) is 26.4 Å². The summed E-state index contributed by atoms with van der Waals surface area (Å²) in [5.74, 6) is 0.277. The minimum Gasteiger partial charge on any atom is -0.468 e. The van der Waals surface area contributed by atoms with Crippen LogP contribution in [0.25, 0.3) is 0 Å². The summed E-state index contributed by atoms with van der Waals surface area (Å²) in [5, 5.41) is 0. The van der Waals surface area contributed by atoms with Crippen LogP contribution in [0.15, 0.2) is 39.2 Å². The molecule has 0 bridgehead atoms. The first kappa shape index (κ1) is 17.0. The smallest absolute Gasteiger partial charge is 0.253 e. The summed E-state index contributed by atoms with van der Waals surface area (Å²) in [5.41, 5.74) is 0. The molecule has 2 aromatic rings. The highest BCUT2D eigenvalue weighted by Crippen LogP contribution is 2.32. The molecule has 1 unspecified atom stereocenters. The number of nitrogens with zero attached hydrogens (tertiary/aromatic N) is 1. The molecule has 1 atom stereocenters. The summed E-state index contributed by atoms with van der Waals surface area (Å²) in [4.78, 5) is 0. The highest BCUT2D eigenvalue weighted by Gasteiger charge is 2.39. The van der Waals surface area contributed by atoms with Crippen LogP contribution in [0.1, 0.15) is 12.2 Å². The first-order chi connectivity index (χ1) is 10.8. The van der Waals surface area contributed by atoms with Crippen molar-refractivity contribution in [1.29, 1.82) is 0 Å². The van der Waals surface area contributed by atoms with Gasteiger partial charge in [-0.25, -0.2) is 16.8 Å². The largest absolute Gasteiger partial charge is 0.468 e. The lowest BCUT2D eigenvalue weighted by molar-refractivity contribution is 0.307. The van der Waals surface area contributed by atoms with Gasteiger partial charge in [-0.15, -0.1) is 11.3 Å². The monoisotopic (exact) mass is 395 g/mol. The summed E-state index contributed by atoms with van der Waals surface area (Å²) in [6, 6.07) is 5.66. The second kappa shape index (κ2) is 6.21. The molecule has 0 radical (unpaired) electrons. The quantitative estimate of drug-likeness (QED) is 0.775. The molecule has 0 aliphatic carbocycles. The highest BCUT2D eigenvalue weighted by molar-refractivity contribution is 7.92. The maximum Gasteiger partial charge on any atom is 0.253 e. The number of furan rings is 1. The maximum atomic E-state index is 12.9. The van der Waals surface area contributed by atoms with E-state index >= 15 is 0 Å². The van der Waals surface area contributed by atoms with E-state index in [9.17, 15) is 16.8 Å². The first-order valence-corrected chi connectivity index (χ1v) is 11.2. The Morgan fingerprint density at radius 3 is 2.65 bits per heavy atom. The molecular formula is C13H14ClNO5S3. The van der Waals surface area contributed by atoms with Gasteiger partial charge in [0, 0.05) is 6.04 Å². The Labute approximate surface area is 143 Å². The van der Waals surface area contributed by atoms with Crippen molar-refractivity contribution in [2.45, 2.75) is 23.2 Å². The molecule has 0 saturated carbocycles. The molecule has 6 nitrogen and oxygen atoms in total. The molecule has 10 heteroatoms. The summed E-state index contributed by atoms with van der Waals surface area (Å²) in [6.07, 6.45) is 1.73. The van der Waals surface area contributed by atoms with E-state index in [4.69, 9.17) is 16.0 Å². The van der Waals surface area contributed by atoms with E-state index in [2.05, 4.69) is 0 Å². The Balaban J connectivity index is 1.97. The fraction of sp³-hybridized carbons (Fsp3) is 0.385. The molecule has 1 aliphatic heterocycles. The third-order valence-corrected chi connectivity index (χ3v) is 8.97. The van der Waals surface area contributed by atoms with Gasteiger partial charge in [-0.05, 0) is 30.7 Å². The second-order valence-electron chi connectivity index (χ2n) is 5.25. The zero-order valence-corrected chi connectivity index (χ0v) is 15.1. The van der Waals surface area contributed by atoms with Gasteiger partial charge in [0.2, 0.25) is 0 Å². The van der Waals surface area contributed by atoms with E-state index < -0.39 is 25.9 Å². The fourth-order valence-electron chi connectivity index (χ4n) is 2.52. The molecular weight excluding hydrogens is 382 g/mol. The van der Waals surface area contributed by atoms with E-state index in [0.717, 1.165) is 11.3 Å². The van der Waals surface area contributed by atoms with Crippen LogP contribution in [-0.4, -0.2) is 38.7 Å². The van der Waals surface area contributed by atoms with Crippen LogP contribution < -0.4 is 0 Å². The zero-order valence-electron chi connectivity index (χ0n) is 11.9. The molecule has 23 heavy (non-hydrogen) atoms. The number of sulfonamides is 1. The predicted molar refractivity (Wildman–Crippen MR) is 87.8 cm³/mol. The lowest BCUT2D eigenvalue weighted by Crippen LogP contribution is -2.40. The van der Waals surface area contributed by atoms with Gasteiger partial charge in [0.05, 0.1) is 28.6 Å².